The Morgan fingerprint density at radius 2 is 1.65 bits per heavy atom. The molecule has 0 aromatic heterocycles. The standard InChI is InChI=1S/C15H21NO4/c1-9(2)20-13-7-5-12(6-8-13)14(17)16-11(4)10(3)15(18)19/h5-11H,1-4H3,(H,16,17)(H,18,19). The zero-order chi connectivity index (χ0) is 15.3. The Morgan fingerprint density at radius 3 is 2.10 bits per heavy atom. The van der Waals surface area contributed by atoms with Crippen LogP contribution in [0.3, 0.4) is 0 Å². The van der Waals surface area contributed by atoms with E-state index < -0.39 is 17.9 Å². The average Bonchev–Trinajstić information content (AvgIpc) is 2.37. The highest BCUT2D eigenvalue weighted by atomic mass is 16.5. The van der Waals surface area contributed by atoms with Crippen LogP contribution in [-0.4, -0.2) is 29.1 Å². The maximum Gasteiger partial charge on any atom is 0.308 e. The van der Waals surface area contributed by atoms with Gasteiger partial charge in [0, 0.05) is 11.6 Å². The summed E-state index contributed by atoms with van der Waals surface area (Å²) in [6, 6.07) is 6.32. The second kappa shape index (κ2) is 6.93. The van der Waals surface area contributed by atoms with E-state index in [2.05, 4.69) is 5.32 Å². The molecule has 0 aliphatic heterocycles. The molecule has 0 saturated carbocycles. The molecule has 0 aliphatic carbocycles. The molecule has 110 valence electrons. The minimum Gasteiger partial charge on any atom is -0.491 e. The van der Waals surface area contributed by atoms with Gasteiger partial charge in [0.15, 0.2) is 0 Å². The fourth-order valence-electron chi connectivity index (χ4n) is 1.59. The second-order valence-electron chi connectivity index (χ2n) is 5.08. The van der Waals surface area contributed by atoms with Crippen molar-refractivity contribution in [1.82, 2.24) is 5.32 Å². The lowest BCUT2D eigenvalue weighted by atomic mass is 10.0. The molecule has 0 heterocycles. The van der Waals surface area contributed by atoms with Gasteiger partial charge in [-0.25, -0.2) is 0 Å². The van der Waals surface area contributed by atoms with Crippen molar-refractivity contribution >= 4 is 11.9 Å². The molecule has 2 unspecified atom stereocenters. The van der Waals surface area contributed by atoms with E-state index in [4.69, 9.17) is 9.84 Å². The fraction of sp³-hybridized carbons (Fsp3) is 0.467. The van der Waals surface area contributed by atoms with Crippen LogP contribution < -0.4 is 10.1 Å². The Labute approximate surface area is 118 Å². The number of benzene rings is 1. The molecule has 1 amide bonds. The van der Waals surface area contributed by atoms with E-state index in [0.717, 1.165) is 0 Å². The number of carbonyl (C=O) groups is 2. The van der Waals surface area contributed by atoms with Crippen molar-refractivity contribution < 1.29 is 19.4 Å². The molecule has 0 bridgehead atoms. The maximum atomic E-state index is 12.0. The summed E-state index contributed by atoms with van der Waals surface area (Å²) in [6.45, 7) is 7.09. The quantitative estimate of drug-likeness (QED) is 0.838. The van der Waals surface area contributed by atoms with Crippen LogP contribution in [0.1, 0.15) is 38.1 Å². The Hall–Kier alpha value is -2.04. The minimum atomic E-state index is -0.932. The summed E-state index contributed by atoms with van der Waals surface area (Å²) in [5.41, 5.74) is 0.477. The van der Waals surface area contributed by atoms with Gasteiger partial charge in [-0.3, -0.25) is 9.59 Å². The summed E-state index contributed by atoms with van der Waals surface area (Å²) < 4.78 is 5.49. The average molecular weight is 279 g/mol. The minimum absolute atomic E-state index is 0.0751. The lowest BCUT2D eigenvalue weighted by Crippen LogP contribution is -2.40. The van der Waals surface area contributed by atoms with Crippen molar-refractivity contribution in [1.29, 1.82) is 0 Å². The third kappa shape index (κ3) is 4.57. The SMILES string of the molecule is CC(C)Oc1ccc(C(=O)NC(C)C(C)C(=O)O)cc1. The van der Waals surface area contributed by atoms with Crippen LogP contribution in [0.15, 0.2) is 24.3 Å². The molecule has 0 spiro atoms. The van der Waals surface area contributed by atoms with Crippen LogP contribution in [-0.2, 0) is 4.79 Å². The number of carbonyl (C=O) groups excluding carboxylic acids is 1. The summed E-state index contributed by atoms with van der Waals surface area (Å²) in [7, 11) is 0. The fourth-order valence-corrected chi connectivity index (χ4v) is 1.59. The van der Waals surface area contributed by atoms with Crippen LogP contribution in [0.5, 0.6) is 5.75 Å². The van der Waals surface area contributed by atoms with Crippen molar-refractivity contribution in [2.24, 2.45) is 5.92 Å². The van der Waals surface area contributed by atoms with Gasteiger partial charge in [0.25, 0.3) is 5.91 Å². The van der Waals surface area contributed by atoms with Gasteiger partial charge in [-0.1, -0.05) is 0 Å². The van der Waals surface area contributed by atoms with Crippen LogP contribution in [0.4, 0.5) is 0 Å². The molecule has 0 fully saturated rings. The highest BCUT2D eigenvalue weighted by molar-refractivity contribution is 5.94. The smallest absolute Gasteiger partial charge is 0.308 e. The van der Waals surface area contributed by atoms with E-state index in [0.29, 0.717) is 11.3 Å². The zero-order valence-corrected chi connectivity index (χ0v) is 12.2. The topological polar surface area (TPSA) is 75.6 Å². The molecule has 0 radical (unpaired) electrons. The van der Waals surface area contributed by atoms with E-state index in [9.17, 15) is 9.59 Å². The van der Waals surface area contributed by atoms with Gasteiger partial charge in [-0.15, -0.1) is 0 Å². The largest absolute Gasteiger partial charge is 0.491 e. The van der Waals surface area contributed by atoms with E-state index in [-0.39, 0.29) is 12.0 Å². The van der Waals surface area contributed by atoms with Crippen molar-refractivity contribution in [3.05, 3.63) is 29.8 Å². The molecule has 0 saturated heterocycles. The Balaban J connectivity index is 2.66. The number of carboxylic acids is 1. The first-order chi connectivity index (χ1) is 9.31. The van der Waals surface area contributed by atoms with Gasteiger partial charge >= 0.3 is 5.97 Å². The van der Waals surface area contributed by atoms with Crippen LogP contribution in [0.2, 0.25) is 0 Å². The molecule has 1 rings (SSSR count). The summed E-state index contributed by atoms with van der Waals surface area (Å²) in [6.07, 6.45) is 0.0751. The molecule has 5 heteroatoms. The molecule has 1 aromatic carbocycles. The summed E-state index contributed by atoms with van der Waals surface area (Å²) in [5, 5.41) is 11.6. The number of carboxylic acid groups (broad SMARTS) is 1. The molecule has 2 atom stereocenters. The van der Waals surface area contributed by atoms with Gasteiger partial charge in [-0.05, 0) is 52.0 Å². The van der Waals surface area contributed by atoms with Crippen molar-refractivity contribution in [3.8, 4) is 5.75 Å². The number of nitrogens with one attached hydrogen (secondary N) is 1. The Morgan fingerprint density at radius 1 is 1.10 bits per heavy atom. The summed E-state index contributed by atoms with van der Waals surface area (Å²) in [4.78, 5) is 22.8. The Bertz CT molecular complexity index is 467. The number of aliphatic carboxylic acids is 1. The molecule has 20 heavy (non-hydrogen) atoms. The number of rotatable bonds is 6. The molecule has 0 aliphatic rings. The van der Waals surface area contributed by atoms with Gasteiger partial charge < -0.3 is 15.2 Å². The number of hydrogen-bond donors (Lipinski definition) is 2. The Kier molecular flexibility index (Phi) is 5.55. The predicted octanol–water partition coefficient (Wildman–Crippen LogP) is 2.31. The monoisotopic (exact) mass is 279 g/mol. The van der Waals surface area contributed by atoms with E-state index in [1.807, 2.05) is 13.8 Å². The van der Waals surface area contributed by atoms with E-state index in [1.165, 1.54) is 0 Å². The van der Waals surface area contributed by atoms with Gasteiger partial charge in [0.1, 0.15) is 5.75 Å². The number of amides is 1. The van der Waals surface area contributed by atoms with Gasteiger partial charge in [-0.2, -0.15) is 0 Å². The lowest BCUT2D eigenvalue weighted by molar-refractivity contribution is -0.141. The van der Waals surface area contributed by atoms with Crippen molar-refractivity contribution in [2.45, 2.75) is 39.8 Å². The molecular weight excluding hydrogens is 258 g/mol. The first-order valence-corrected chi connectivity index (χ1v) is 6.61. The van der Waals surface area contributed by atoms with Crippen LogP contribution in [0.25, 0.3) is 0 Å². The lowest BCUT2D eigenvalue weighted by Gasteiger charge is -2.18. The van der Waals surface area contributed by atoms with Gasteiger partial charge in [0.05, 0.1) is 12.0 Å². The normalized spacial score (nSPS) is 13.7. The van der Waals surface area contributed by atoms with E-state index in [1.54, 1.807) is 38.1 Å². The molecule has 5 nitrogen and oxygen atoms in total. The third-order valence-corrected chi connectivity index (χ3v) is 2.99. The number of ether oxygens (including phenoxy) is 1. The third-order valence-electron chi connectivity index (χ3n) is 2.99. The zero-order valence-electron chi connectivity index (χ0n) is 12.2. The van der Waals surface area contributed by atoms with Gasteiger partial charge in [0.2, 0.25) is 0 Å². The maximum absolute atomic E-state index is 12.0. The molecular formula is C15H21NO4. The highest BCUT2D eigenvalue weighted by Gasteiger charge is 2.21. The van der Waals surface area contributed by atoms with Crippen LogP contribution >= 0.6 is 0 Å². The highest BCUT2D eigenvalue weighted by Crippen LogP contribution is 2.14. The predicted molar refractivity (Wildman–Crippen MR) is 75.9 cm³/mol. The van der Waals surface area contributed by atoms with Crippen molar-refractivity contribution in [2.75, 3.05) is 0 Å². The first kappa shape index (κ1) is 16.0. The molecule has 2 N–H and O–H groups in total. The summed E-state index contributed by atoms with van der Waals surface area (Å²) >= 11 is 0. The summed E-state index contributed by atoms with van der Waals surface area (Å²) in [5.74, 6) is -1.16. The van der Waals surface area contributed by atoms with E-state index >= 15 is 0 Å². The van der Waals surface area contributed by atoms with Crippen LogP contribution in [0, 0.1) is 5.92 Å². The number of hydrogen-bond acceptors (Lipinski definition) is 3. The first-order valence-electron chi connectivity index (χ1n) is 6.61. The van der Waals surface area contributed by atoms with Crippen molar-refractivity contribution in [3.63, 3.8) is 0 Å². The second-order valence-corrected chi connectivity index (χ2v) is 5.08. The molecule has 1 aromatic rings.